The van der Waals surface area contributed by atoms with E-state index in [1.54, 1.807) is 0 Å². The smallest absolute Gasteiger partial charge is 0.417 e. The molecule has 1 aromatic carbocycles. The molecule has 2 heterocycles. The molecule has 1 aliphatic rings. The van der Waals surface area contributed by atoms with E-state index in [2.05, 4.69) is 10.2 Å². The molecule has 1 amide bonds. The molecule has 0 unspecified atom stereocenters. The third-order valence-electron chi connectivity index (χ3n) is 3.35. The van der Waals surface area contributed by atoms with Gasteiger partial charge in [0.1, 0.15) is 6.61 Å². The number of benzene rings is 1. The normalized spacial score (nSPS) is 13.5. The van der Waals surface area contributed by atoms with Crippen molar-refractivity contribution < 1.29 is 19.4 Å². The average Bonchev–Trinajstić information content (AvgIpc) is 2.97. The van der Waals surface area contributed by atoms with Gasteiger partial charge in [-0.3, -0.25) is 4.57 Å². The standard InChI is InChI=1S/C14H14N4O4/c19-12(20)11-15-16-13-17(11)7-4-8-18(13)14(21)22-9-10-5-2-1-3-6-10/h1-3,5-6H,4,7-9H2,(H,19,20). The van der Waals surface area contributed by atoms with Crippen molar-refractivity contribution in [1.29, 1.82) is 0 Å². The van der Waals surface area contributed by atoms with E-state index < -0.39 is 12.1 Å². The van der Waals surface area contributed by atoms with E-state index in [1.807, 2.05) is 30.3 Å². The zero-order chi connectivity index (χ0) is 15.5. The van der Waals surface area contributed by atoms with E-state index in [4.69, 9.17) is 9.84 Å². The Bertz CT molecular complexity index is 698. The molecule has 22 heavy (non-hydrogen) atoms. The van der Waals surface area contributed by atoms with Gasteiger partial charge in [-0.1, -0.05) is 30.3 Å². The second kappa shape index (κ2) is 5.84. The lowest BCUT2D eigenvalue weighted by molar-refractivity contribution is 0.0676. The molecule has 8 heteroatoms. The number of carbonyl (C=O) groups excluding carboxylic acids is 1. The van der Waals surface area contributed by atoms with E-state index in [1.165, 1.54) is 9.47 Å². The highest BCUT2D eigenvalue weighted by Gasteiger charge is 2.30. The number of hydrogen-bond donors (Lipinski definition) is 1. The molecule has 1 aliphatic heterocycles. The van der Waals surface area contributed by atoms with Crippen molar-refractivity contribution in [2.24, 2.45) is 0 Å². The van der Waals surface area contributed by atoms with Gasteiger partial charge in [-0.25, -0.2) is 14.5 Å². The average molecular weight is 302 g/mol. The third kappa shape index (κ3) is 2.62. The summed E-state index contributed by atoms with van der Waals surface area (Å²) in [6, 6.07) is 9.31. The molecular weight excluding hydrogens is 288 g/mol. The summed E-state index contributed by atoms with van der Waals surface area (Å²) < 4.78 is 6.66. The molecule has 2 aromatic rings. The Morgan fingerprint density at radius 2 is 1.95 bits per heavy atom. The first-order valence-electron chi connectivity index (χ1n) is 6.81. The molecule has 1 N–H and O–H groups in total. The van der Waals surface area contributed by atoms with Crippen LogP contribution in [0.25, 0.3) is 0 Å². The number of fused-ring (bicyclic) bond motifs is 1. The van der Waals surface area contributed by atoms with Crippen molar-refractivity contribution in [2.45, 2.75) is 19.6 Å². The highest BCUT2D eigenvalue weighted by molar-refractivity contribution is 5.88. The molecule has 1 aromatic heterocycles. The summed E-state index contributed by atoms with van der Waals surface area (Å²) in [4.78, 5) is 24.6. The molecule has 114 valence electrons. The molecule has 3 rings (SSSR count). The molecule has 0 atom stereocenters. The zero-order valence-corrected chi connectivity index (χ0v) is 11.7. The van der Waals surface area contributed by atoms with Gasteiger partial charge in [0.15, 0.2) is 0 Å². The fourth-order valence-electron chi connectivity index (χ4n) is 2.32. The minimum atomic E-state index is -1.17. The van der Waals surface area contributed by atoms with Crippen molar-refractivity contribution in [3.8, 4) is 0 Å². The summed E-state index contributed by atoms with van der Waals surface area (Å²) in [5.41, 5.74) is 0.876. The summed E-state index contributed by atoms with van der Waals surface area (Å²) in [6.07, 6.45) is 0.0558. The van der Waals surface area contributed by atoms with E-state index in [0.29, 0.717) is 19.5 Å². The molecule has 0 bridgehead atoms. The Morgan fingerprint density at radius 3 is 2.68 bits per heavy atom. The second-order valence-electron chi connectivity index (χ2n) is 4.83. The number of carboxylic acid groups (broad SMARTS) is 1. The molecule has 0 saturated carbocycles. The highest BCUT2D eigenvalue weighted by atomic mass is 16.6. The first-order chi connectivity index (χ1) is 10.7. The molecule has 0 saturated heterocycles. The van der Waals surface area contributed by atoms with Crippen LogP contribution in [0.3, 0.4) is 0 Å². The lowest BCUT2D eigenvalue weighted by atomic mass is 10.2. The van der Waals surface area contributed by atoms with Gasteiger partial charge in [0, 0.05) is 13.1 Å². The number of rotatable bonds is 3. The van der Waals surface area contributed by atoms with E-state index >= 15 is 0 Å². The second-order valence-corrected chi connectivity index (χ2v) is 4.83. The Kier molecular flexibility index (Phi) is 3.73. The predicted molar refractivity (Wildman–Crippen MR) is 75.6 cm³/mol. The van der Waals surface area contributed by atoms with Gasteiger partial charge in [-0.2, -0.15) is 0 Å². The Morgan fingerprint density at radius 1 is 1.18 bits per heavy atom. The van der Waals surface area contributed by atoms with Crippen LogP contribution >= 0.6 is 0 Å². The van der Waals surface area contributed by atoms with Crippen molar-refractivity contribution in [3.05, 3.63) is 41.7 Å². The fourth-order valence-corrected chi connectivity index (χ4v) is 2.32. The summed E-state index contributed by atoms with van der Waals surface area (Å²) >= 11 is 0. The molecule has 8 nitrogen and oxygen atoms in total. The van der Waals surface area contributed by atoms with Gasteiger partial charge < -0.3 is 9.84 Å². The maximum atomic E-state index is 12.2. The van der Waals surface area contributed by atoms with E-state index in [0.717, 1.165) is 5.56 Å². The first-order valence-corrected chi connectivity index (χ1v) is 6.81. The van der Waals surface area contributed by atoms with Gasteiger partial charge in [-0.15, -0.1) is 10.2 Å². The van der Waals surface area contributed by atoms with Crippen LogP contribution < -0.4 is 4.90 Å². The number of amides is 1. The Labute approximate surface area is 125 Å². The molecular formula is C14H14N4O4. The van der Waals surface area contributed by atoms with Crippen LogP contribution in [0.1, 0.15) is 22.6 Å². The van der Waals surface area contributed by atoms with Crippen LogP contribution in [0.5, 0.6) is 0 Å². The molecule has 0 fully saturated rings. The van der Waals surface area contributed by atoms with Gasteiger partial charge in [0.05, 0.1) is 0 Å². The maximum absolute atomic E-state index is 12.2. The number of ether oxygens (including phenoxy) is 1. The largest absolute Gasteiger partial charge is 0.475 e. The van der Waals surface area contributed by atoms with Crippen molar-refractivity contribution in [2.75, 3.05) is 11.4 Å². The number of anilines is 1. The number of hydrogen-bond acceptors (Lipinski definition) is 5. The minimum absolute atomic E-state index is 0.149. The van der Waals surface area contributed by atoms with Gasteiger partial charge in [0.2, 0.25) is 11.8 Å². The molecule has 0 radical (unpaired) electrons. The monoisotopic (exact) mass is 302 g/mol. The van der Waals surface area contributed by atoms with Gasteiger partial charge in [-0.05, 0) is 12.0 Å². The molecule has 0 spiro atoms. The number of nitrogens with zero attached hydrogens (tertiary/aromatic N) is 4. The predicted octanol–water partition coefficient (Wildman–Crippen LogP) is 1.52. The SMILES string of the molecule is O=C(O)c1nnc2n1CCCN2C(=O)OCc1ccccc1. The summed E-state index contributed by atoms with van der Waals surface area (Å²) in [5.74, 6) is -1.13. The van der Waals surface area contributed by atoms with Crippen LogP contribution in [-0.4, -0.2) is 38.5 Å². The van der Waals surface area contributed by atoms with Crippen LogP contribution in [-0.2, 0) is 17.9 Å². The summed E-state index contributed by atoms with van der Waals surface area (Å²) in [7, 11) is 0. The van der Waals surface area contributed by atoms with E-state index in [-0.39, 0.29) is 18.4 Å². The fraction of sp³-hybridized carbons (Fsp3) is 0.286. The van der Waals surface area contributed by atoms with Crippen LogP contribution in [0.15, 0.2) is 30.3 Å². The van der Waals surface area contributed by atoms with Gasteiger partial charge >= 0.3 is 12.1 Å². The minimum Gasteiger partial charge on any atom is -0.475 e. The zero-order valence-electron chi connectivity index (χ0n) is 11.7. The van der Waals surface area contributed by atoms with E-state index in [9.17, 15) is 9.59 Å². The topological polar surface area (TPSA) is 97.5 Å². The number of aromatic nitrogens is 3. The van der Waals surface area contributed by atoms with Crippen molar-refractivity contribution in [1.82, 2.24) is 14.8 Å². The van der Waals surface area contributed by atoms with Gasteiger partial charge in [0.25, 0.3) is 0 Å². The van der Waals surface area contributed by atoms with Crippen molar-refractivity contribution >= 4 is 18.0 Å². The quantitative estimate of drug-likeness (QED) is 0.923. The summed E-state index contributed by atoms with van der Waals surface area (Å²) in [5, 5.41) is 16.5. The number of carbonyl (C=O) groups is 2. The Balaban J connectivity index is 1.73. The van der Waals surface area contributed by atoms with Crippen molar-refractivity contribution in [3.63, 3.8) is 0 Å². The first kappa shape index (κ1) is 14.1. The Hall–Kier alpha value is -2.90. The third-order valence-corrected chi connectivity index (χ3v) is 3.35. The lowest BCUT2D eigenvalue weighted by Crippen LogP contribution is -2.38. The number of carboxylic acids is 1. The molecule has 0 aliphatic carbocycles. The summed E-state index contributed by atoms with van der Waals surface area (Å²) in [6.45, 7) is 1.04. The van der Waals surface area contributed by atoms with Crippen LogP contribution in [0.4, 0.5) is 10.7 Å². The van der Waals surface area contributed by atoms with Crippen LogP contribution in [0.2, 0.25) is 0 Å². The lowest BCUT2D eigenvalue weighted by Gasteiger charge is -2.25. The highest BCUT2D eigenvalue weighted by Crippen LogP contribution is 2.21. The number of aromatic carboxylic acids is 1. The maximum Gasteiger partial charge on any atom is 0.417 e. The van der Waals surface area contributed by atoms with Crippen LogP contribution in [0, 0.1) is 0 Å².